The van der Waals surface area contributed by atoms with Gasteiger partial charge in [0.2, 0.25) is 8.32 Å². The highest BCUT2D eigenvalue weighted by molar-refractivity contribution is 6.70. The van der Waals surface area contributed by atoms with Gasteiger partial charge in [-0.3, -0.25) is 0 Å². The molecular weight excluding hydrogens is 484 g/mol. The lowest BCUT2D eigenvalue weighted by Gasteiger charge is -2.42. The summed E-state index contributed by atoms with van der Waals surface area (Å²) in [6.45, 7) is 4.57. The van der Waals surface area contributed by atoms with Gasteiger partial charge in [-0.15, -0.1) is 0 Å². The molecule has 0 saturated heterocycles. The molecule has 2 unspecified atom stereocenters. The van der Waals surface area contributed by atoms with E-state index in [1.165, 1.54) is 19.6 Å². The summed E-state index contributed by atoms with van der Waals surface area (Å²) in [7, 11) is -1.76. The minimum absolute atomic E-state index is 0.481. The topological polar surface area (TPSA) is 27.7 Å². The van der Waals surface area contributed by atoms with Gasteiger partial charge in [0.15, 0.2) is 6.29 Å². The van der Waals surface area contributed by atoms with Crippen molar-refractivity contribution in [2.75, 3.05) is 7.11 Å². The Labute approximate surface area is 169 Å². The highest BCUT2D eigenvalue weighted by Crippen LogP contribution is 2.59. The molecule has 31 heavy (non-hydrogen) atoms. The Morgan fingerprint density at radius 2 is 1.39 bits per heavy atom. The van der Waals surface area contributed by atoms with Crippen LogP contribution in [0.4, 0.5) is 52.7 Å². The van der Waals surface area contributed by atoms with E-state index in [4.69, 9.17) is 4.43 Å². The summed E-state index contributed by atoms with van der Waals surface area (Å²) in [5.41, 5.74) is 0. The molecule has 0 saturated carbocycles. The van der Waals surface area contributed by atoms with E-state index in [0.29, 0.717) is 0 Å². The third-order valence-electron chi connectivity index (χ3n) is 3.98. The molecule has 1 aliphatic heterocycles. The molecule has 1 rings (SSSR count). The fourth-order valence-corrected chi connectivity index (χ4v) is 3.35. The van der Waals surface area contributed by atoms with Crippen molar-refractivity contribution in [3.63, 3.8) is 0 Å². The SMILES string of the molecule is COC1C=C(O[Si](C)(C)C)CC(C(F)(F)C(F)(F)C(F)(F)C(F)(F)C(F)(F)C(F)F)O1. The number of rotatable bonds is 9. The van der Waals surface area contributed by atoms with Crippen LogP contribution < -0.4 is 0 Å². The van der Waals surface area contributed by atoms with Gasteiger partial charge in [-0.2, -0.15) is 43.9 Å². The van der Waals surface area contributed by atoms with E-state index in [9.17, 15) is 52.7 Å². The van der Waals surface area contributed by atoms with E-state index >= 15 is 0 Å². The zero-order valence-corrected chi connectivity index (χ0v) is 17.3. The first-order valence-electron chi connectivity index (χ1n) is 8.31. The highest BCUT2D eigenvalue weighted by Gasteiger charge is 2.88. The standard InChI is InChI=1S/C15H18F12O3Si/c1-28-9-6-7(30-31(2,3)4)5-8(29-9)11(18,19)13(22,23)15(26,27)14(24,25)12(20,21)10(16)17/h6,8-10H,5H2,1-4H3. The van der Waals surface area contributed by atoms with E-state index in [1.54, 1.807) is 0 Å². The van der Waals surface area contributed by atoms with Gasteiger partial charge >= 0.3 is 36.0 Å². The average molecular weight is 502 g/mol. The van der Waals surface area contributed by atoms with Crippen molar-refractivity contribution >= 4 is 8.32 Å². The van der Waals surface area contributed by atoms with Gasteiger partial charge in [0.05, 0.1) is 5.76 Å². The normalized spacial score (nSPS) is 22.5. The van der Waals surface area contributed by atoms with Crippen LogP contribution in [0.3, 0.4) is 0 Å². The van der Waals surface area contributed by atoms with Crippen molar-refractivity contribution < 1.29 is 66.6 Å². The van der Waals surface area contributed by atoms with Gasteiger partial charge in [0.25, 0.3) is 0 Å². The Hall–Kier alpha value is -1.16. The number of hydrogen-bond donors (Lipinski definition) is 0. The Kier molecular flexibility index (Phi) is 7.48. The van der Waals surface area contributed by atoms with E-state index < -0.39 is 68.9 Å². The number of alkyl halides is 12. The second kappa shape index (κ2) is 8.32. The van der Waals surface area contributed by atoms with E-state index in [1.807, 2.05) is 0 Å². The molecule has 0 aromatic rings. The molecule has 16 heteroatoms. The summed E-state index contributed by atoms with van der Waals surface area (Å²) >= 11 is 0. The first kappa shape index (κ1) is 27.9. The molecule has 0 aliphatic carbocycles. The van der Waals surface area contributed by atoms with E-state index in [-0.39, 0.29) is 0 Å². The molecular formula is C15H18F12O3Si. The lowest BCUT2D eigenvalue weighted by molar-refractivity contribution is -0.423. The van der Waals surface area contributed by atoms with Crippen LogP contribution in [0.15, 0.2) is 11.8 Å². The van der Waals surface area contributed by atoms with Gasteiger partial charge in [-0.05, 0) is 19.6 Å². The second-order valence-electron chi connectivity index (χ2n) is 7.55. The smallest absolute Gasteiger partial charge is 0.384 e. The van der Waals surface area contributed by atoms with Crippen LogP contribution in [-0.4, -0.2) is 63.9 Å². The number of hydrogen-bond acceptors (Lipinski definition) is 3. The zero-order valence-electron chi connectivity index (χ0n) is 16.3. The quantitative estimate of drug-likeness (QED) is 0.289. The summed E-state index contributed by atoms with van der Waals surface area (Å²) in [4.78, 5) is 0. The molecule has 2 atom stereocenters. The van der Waals surface area contributed by atoms with Crippen LogP contribution >= 0.6 is 0 Å². The Morgan fingerprint density at radius 1 is 0.903 bits per heavy atom. The van der Waals surface area contributed by atoms with E-state index in [2.05, 4.69) is 9.47 Å². The molecule has 0 aromatic heterocycles. The van der Waals surface area contributed by atoms with Gasteiger partial charge in [-0.1, -0.05) is 0 Å². The average Bonchev–Trinajstić information content (AvgIpc) is 2.58. The Balaban J connectivity index is 3.41. The molecule has 0 amide bonds. The Bertz CT molecular complexity index is 675. The molecule has 3 nitrogen and oxygen atoms in total. The molecule has 0 spiro atoms. The third kappa shape index (κ3) is 4.79. The second-order valence-corrected chi connectivity index (χ2v) is 12.0. The fourth-order valence-electron chi connectivity index (χ4n) is 2.41. The van der Waals surface area contributed by atoms with Crippen LogP contribution in [0.5, 0.6) is 0 Å². The van der Waals surface area contributed by atoms with Crippen LogP contribution in [0.1, 0.15) is 6.42 Å². The van der Waals surface area contributed by atoms with E-state index in [0.717, 1.165) is 13.2 Å². The maximum atomic E-state index is 14.4. The fraction of sp³-hybridized carbons (Fsp3) is 0.867. The van der Waals surface area contributed by atoms with Crippen molar-refractivity contribution in [2.45, 2.75) is 74.5 Å². The minimum Gasteiger partial charge on any atom is -0.547 e. The predicted octanol–water partition coefficient (Wildman–Crippen LogP) is 5.92. The molecule has 0 aromatic carbocycles. The van der Waals surface area contributed by atoms with Crippen LogP contribution in [0, 0.1) is 0 Å². The van der Waals surface area contributed by atoms with Crippen molar-refractivity contribution in [3.05, 3.63) is 11.8 Å². The summed E-state index contributed by atoms with van der Waals surface area (Å²) < 4.78 is 175. The highest BCUT2D eigenvalue weighted by atomic mass is 28.4. The van der Waals surface area contributed by atoms with Crippen molar-refractivity contribution in [1.82, 2.24) is 0 Å². The predicted molar refractivity (Wildman–Crippen MR) is 83.5 cm³/mol. The molecule has 0 radical (unpaired) electrons. The zero-order chi connectivity index (χ0) is 24.8. The number of methoxy groups -OCH3 is 1. The first-order chi connectivity index (χ1) is 13.6. The lowest BCUT2D eigenvalue weighted by atomic mass is 9.90. The van der Waals surface area contributed by atoms with Gasteiger partial charge in [0, 0.05) is 19.6 Å². The van der Waals surface area contributed by atoms with Crippen molar-refractivity contribution in [3.8, 4) is 0 Å². The third-order valence-corrected chi connectivity index (χ3v) is 4.86. The van der Waals surface area contributed by atoms with Crippen LogP contribution in [-0.2, 0) is 13.9 Å². The van der Waals surface area contributed by atoms with Crippen LogP contribution in [0.2, 0.25) is 19.6 Å². The molecule has 0 N–H and O–H groups in total. The largest absolute Gasteiger partial charge is 0.547 e. The summed E-state index contributed by atoms with van der Waals surface area (Å²) in [6, 6.07) is 0. The van der Waals surface area contributed by atoms with Gasteiger partial charge in [-0.25, -0.2) is 8.78 Å². The molecule has 184 valence electrons. The van der Waals surface area contributed by atoms with Crippen LogP contribution in [0.25, 0.3) is 0 Å². The first-order valence-corrected chi connectivity index (χ1v) is 11.7. The summed E-state index contributed by atoms with van der Waals surface area (Å²) in [5.74, 6) is -36.2. The van der Waals surface area contributed by atoms with Gasteiger partial charge < -0.3 is 13.9 Å². The van der Waals surface area contributed by atoms with Crippen molar-refractivity contribution in [1.29, 1.82) is 0 Å². The lowest BCUT2D eigenvalue weighted by Crippen LogP contribution is -2.70. The number of ether oxygens (including phenoxy) is 2. The maximum absolute atomic E-state index is 14.4. The van der Waals surface area contributed by atoms with Gasteiger partial charge in [0.1, 0.15) is 6.10 Å². The van der Waals surface area contributed by atoms with Crippen molar-refractivity contribution in [2.24, 2.45) is 0 Å². The minimum atomic E-state index is -7.61. The molecule has 1 aliphatic rings. The number of halogens is 12. The maximum Gasteiger partial charge on any atom is 0.384 e. The molecule has 1 heterocycles. The summed E-state index contributed by atoms with van der Waals surface area (Å²) in [5, 5.41) is 0. The molecule has 0 bridgehead atoms. The molecule has 0 fully saturated rings. The Morgan fingerprint density at radius 3 is 1.77 bits per heavy atom. The summed E-state index contributed by atoms with van der Waals surface area (Å²) in [6.07, 6.45) is -11.2. The monoisotopic (exact) mass is 502 g/mol.